The molecule has 1 N–H and O–H groups in total. The summed E-state index contributed by atoms with van der Waals surface area (Å²) in [5, 5.41) is 9.21. The van der Waals surface area contributed by atoms with Crippen LogP contribution in [0, 0.1) is 17.8 Å². The van der Waals surface area contributed by atoms with Crippen LogP contribution in [0.1, 0.15) is 32.1 Å². The lowest BCUT2D eigenvalue weighted by atomic mass is 9.85. The van der Waals surface area contributed by atoms with E-state index in [4.69, 9.17) is 0 Å². The predicted octanol–water partition coefficient (Wildman–Crippen LogP) is 1.19. The number of likely N-dealkylation sites (tertiary alicyclic amines) is 1. The molecule has 1 saturated heterocycles. The van der Waals surface area contributed by atoms with Crippen LogP contribution < -0.4 is 0 Å². The van der Waals surface area contributed by atoms with Gasteiger partial charge < -0.3 is 5.11 Å². The van der Waals surface area contributed by atoms with Crippen molar-refractivity contribution in [1.29, 1.82) is 0 Å². The average Bonchev–Trinajstić information content (AvgIpc) is 2.95. The van der Waals surface area contributed by atoms with Gasteiger partial charge >= 0.3 is 5.97 Å². The molecule has 0 aromatic rings. The molecule has 3 aliphatic rings. The highest BCUT2D eigenvalue weighted by atomic mass is 16.4. The Hall–Kier alpha value is -1.65. The van der Waals surface area contributed by atoms with E-state index in [1.165, 1.54) is 4.90 Å². The van der Waals surface area contributed by atoms with Gasteiger partial charge in [-0.25, -0.2) is 0 Å². The van der Waals surface area contributed by atoms with Crippen molar-refractivity contribution in [3.63, 3.8) is 0 Å². The smallest absolute Gasteiger partial charge is 0.308 e. The molecular formula is C14H17NO4. The number of allylic oxidation sites excluding steroid dienone is 2. The first-order valence-corrected chi connectivity index (χ1v) is 6.86. The predicted molar refractivity (Wildman–Crippen MR) is 66.0 cm³/mol. The highest BCUT2D eigenvalue weighted by Crippen LogP contribution is 2.40. The molecule has 2 fully saturated rings. The minimum atomic E-state index is -0.893. The number of aliphatic carboxylic acids is 1. The maximum Gasteiger partial charge on any atom is 0.308 e. The third-order valence-corrected chi connectivity index (χ3v) is 4.67. The van der Waals surface area contributed by atoms with Gasteiger partial charge in [0.1, 0.15) is 0 Å². The quantitative estimate of drug-likeness (QED) is 0.600. The van der Waals surface area contributed by atoms with Crippen molar-refractivity contribution in [3.8, 4) is 0 Å². The summed E-state index contributed by atoms with van der Waals surface area (Å²) in [7, 11) is 0. The number of amides is 2. The lowest BCUT2D eigenvalue weighted by Gasteiger charge is -2.26. The fourth-order valence-electron chi connectivity index (χ4n) is 3.69. The fourth-order valence-corrected chi connectivity index (χ4v) is 3.69. The summed E-state index contributed by atoms with van der Waals surface area (Å²) in [5.41, 5.74) is 0. The summed E-state index contributed by atoms with van der Waals surface area (Å²) in [6.45, 7) is 0. The number of nitrogens with zero attached hydrogens (tertiary/aromatic N) is 1. The van der Waals surface area contributed by atoms with Gasteiger partial charge in [-0.05, 0) is 25.7 Å². The fraction of sp³-hybridized carbons (Fsp3) is 0.643. The Morgan fingerprint density at radius 1 is 1.11 bits per heavy atom. The summed E-state index contributed by atoms with van der Waals surface area (Å²) in [6, 6.07) is -0.428. The van der Waals surface area contributed by atoms with Gasteiger partial charge in [0, 0.05) is 0 Å². The van der Waals surface area contributed by atoms with Crippen LogP contribution in [0.15, 0.2) is 12.2 Å². The molecule has 19 heavy (non-hydrogen) atoms. The van der Waals surface area contributed by atoms with Crippen LogP contribution >= 0.6 is 0 Å². The van der Waals surface area contributed by atoms with Crippen LogP contribution in [0.25, 0.3) is 0 Å². The van der Waals surface area contributed by atoms with Crippen molar-refractivity contribution < 1.29 is 19.5 Å². The lowest BCUT2D eigenvalue weighted by Crippen LogP contribution is -2.44. The molecule has 5 nitrogen and oxygen atoms in total. The highest BCUT2D eigenvalue weighted by Gasteiger charge is 2.52. The Bertz CT molecular complexity index is 444. The molecule has 1 saturated carbocycles. The van der Waals surface area contributed by atoms with Gasteiger partial charge in [-0.15, -0.1) is 0 Å². The van der Waals surface area contributed by atoms with E-state index in [1.54, 1.807) is 0 Å². The second-order valence-electron chi connectivity index (χ2n) is 5.65. The zero-order valence-electron chi connectivity index (χ0n) is 10.6. The maximum atomic E-state index is 12.4. The lowest BCUT2D eigenvalue weighted by molar-refractivity contribution is -0.148. The van der Waals surface area contributed by atoms with Crippen LogP contribution in [0.5, 0.6) is 0 Å². The first-order valence-electron chi connectivity index (χ1n) is 6.86. The third kappa shape index (κ3) is 1.79. The topological polar surface area (TPSA) is 74.7 Å². The molecule has 2 amide bonds. The molecule has 0 radical (unpaired) electrons. The number of imide groups is 1. The van der Waals surface area contributed by atoms with Crippen molar-refractivity contribution in [1.82, 2.24) is 4.90 Å². The Balaban J connectivity index is 1.87. The second-order valence-corrected chi connectivity index (χ2v) is 5.65. The minimum Gasteiger partial charge on any atom is -0.481 e. The van der Waals surface area contributed by atoms with Gasteiger partial charge in [0.05, 0.1) is 23.8 Å². The standard InChI is InChI=1S/C14H17NO4/c16-12-8-4-1-2-5-9(8)13(17)15(12)11-7-3-6-10(11)14(18)19/h1-2,8-11H,3-7H2,(H,18,19). The van der Waals surface area contributed by atoms with Crippen LogP contribution in [-0.4, -0.2) is 33.8 Å². The number of carboxylic acid groups (broad SMARTS) is 1. The number of carboxylic acids is 1. The number of carbonyl (C=O) groups excluding carboxylic acids is 2. The first kappa shape index (κ1) is 12.4. The summed E-state index contributed by atoms with van der Waals surface area (Å²) in [4.78, 5) is 37.3. The summed E-state index contributed by atoms with van der Waals surface area (Å²) in [5.74, 6) is -2.30. The molecule has 0 aromatic carbocycles. The van der Waals surface area contributed by atoms with Crippen molar-refractivity contribution in [2.24, 2.45) is 17.8 Å². The van der Waals surface area contributed by atoms with Crippen LogP contribution in [0.2, 0.25) is 0 Å². The zero-order chi connectivity index (χ0) is 13.6. The van der Waals surface area contributed by atoms with E-state index in [-0.39, 0.29) is 23.7 Å². The number of fused-ring (bicyclic) bond motifs is 1. The molecular weight excluding hydrogens is 246 g/mol. The van der Waals surface area contributed by atoms with Crippen LogP contribution in [-0.2, 0) is 14.4 Å². The van der Waals surface area contributed by atoms with Gasteiger partial charge in [-0.2, -0.15) is 0 Å². The molecule has 0 bridgehead atoms. The average molecular weight is 263 g/mol. The van der Waals surface area contributed by atoms with E-state index in [1.807, 2.05) is 12.2 Å². The Labute approximate surface area is 111 Å². The minimum absolute atomic E-state index is 0.155. The van der Waals surface area contributed by atoms with Crippen molar-refractivity contribution in [2.75, 3.05) is 0 Å². The second kappa shape index (κ2) is 4.47. The van der Waals surface area contributed by atoms with E-state index in [9.17, 15) is 19.5 Å². The Kier molecular flexibility index (Phi) is 2.92. The number of carbonyl (C=O) groups is 3. The van der Waals surface area contributed by atoms with Crippen molar-refractivity contribution in [3.05, 3.63) is 12.2 Å². The van der Waals surface area contributed by atoms with Crippen LogP contribution in [0.4, 0.5) is 0 Å². The summed E-state index contributed by atoms with van der Waals surface area (Å²) >= 11 is 0. The van der Waals surface area contributed by atoms with Gasteiger partial charge in [0.2, 0.25) is 11.8 Å². The summed E-state index contributed by atoms with van der Waals surface area (Å²) < 4.78 is 0. The van der Waals surface area contributed by atoms with E-state index in [0.717, 1.165) is 6.42 Å². The van der Waals surface area contributed by atoms with Crippen molar-refractivity contribution in [2.45, 2.75) is 38.1 Å². The molecule has 4 atom stereocenters. The molecule has 2 aliphatic carbocycles. The van der Waals surface area contributed by atoms with E-state index >= 15 is 0 Å². The largest absolute Gasteiger partial charge is 0.481 e. The molecule has 0 spiro atoms. The van der Waals surface area contributed by atoms with Crippen molar-refractivity contribution >= 4 is 17.8 Å². The van der Waals surface area contributed by atoms with E-state index in [0.29, 0.717) is 25.7 Å². The maximum absolute atomic E-state index is 12.4. The SMILES string of the molecule is O=C(O)C1CCCC1N1C(=O)C2CC=CCC2C1=O. The molecule has 4 unspecified atom stereocenters. The zero-order valence-corrected chi connectivity index (χ0v) is 10.6. The van der Waals surface area contributed by atoms with Gasteiger partial charge in [0.25, 0.3) is 0 Å². The van der Waals surface area contributed by atoms with Gasteiger partial charge in [-0.3, -0.25) is 19.3 Å². The molecule has 1 heterocycles. The number of hydrogen-bond acceptors (Lipinski definition) is 3. The van der Waals surface area contributed by atoms with E-state index < -0.39 is 17.9 Å². The first-order chi connectivity index (χ1) is 9.11. The molecule has 102 valence electrons. The third-order valence-electron chi connectivity index (χ3n) is 4.67. The normalized spacial score (nSPS) is 37.8. The summed E-state index contributed by atoms with van der Waals surface area (Å²) in [6.07, 6.45) is 7.06. The number of rotatable bonds is 2. The Morgan fingerprint density at radius 2 is 1.68 bits per heavy atom. The van der Waals surface area contributed by atoms with Gasteiger partial charge in [-0.1, -0.05) is 18.6 Å². The highest BCUT2D eigenvalue weighted by molar-refractivity contribution is 6.06. The Morgan fingerprint density at radius 3 is 2.21 bits per heavy atom. The molecule has 0 aromatic heterocycles. The van der Waals surface area contributed by atoms with Crippen LogP contribution in [0.3, 0.4) is 0 Å². The monoisotopic (exact) mass is 263 g/mol. The molecule has 3 rings (SSSR count). The number of hydrogen-bond donors (Lipinski definition) is 1. The molecule has 1 aliphatic heterocycles. The molecule has 5 heteroatoms. The van der Waals surface area contributed by atoms with Gasteiger partial charge in [0.15, 0.2) is 0 Å². The van der Waals surface area contributed by atoms with E-state index in [2.05, 4.69) is 0 Å².